The Balaban J connectivity index is 1.73. The molecule has 0 bridgehead atoms. The second kappa shape index (κ2) is 6.50. The molecule has 1 aromatic carbocycles. The van der Waals surface area contributed by atoms with Crippen molar-refractivity contribution >= 4 is 28.4 Å². The van der Waals surface area contributed by atoms with Gasteiger partial charge in [-0.05, 0) is 37.1 Å². The summed E-state index contributed by atoms with van der Waals surface area (Å²) in [6, 6.07) is 7.38. The number of hydrogen-bond acceptors (Lipinski definition) is 4. The largest absolute Gasteiger partial charge is 0.481 e. The van der Waals surface area contributed by atoms with Crippen LogP contribution in [0.1, 0.15) is 12.8 Å². The minimum absolute atomic E-state index is 0.0341. The lowest BCUT2D eigenvalue weighted by molar-refractivity contribution is -0.134. The molecular weight excluding hydrogens is 304 g/mol. The lowest BCUT2D eigenvalue weighted by Gasteiger charge is -2.21. The molecule has 1 aliphatic rings. The van der Waals surface area contributed by atoms with Crippen molar-refractivity contribution in [2.45, 2.75) is 18.9 Å². The normalized spacial score (nSPS) is 14.1. The van der Waals surface area contributed by atoms with E-state index in [1.165, 1.54) is 0 Å². The van der Waals surface area contributed by atoms with Crippen LogP contribution in [0.4, 0.5) is 0 Å². The van der Waals surface area contributed by atoms with Gasteiger partial charge in [-0.1, -0.05) is 11.6 Å². The van der Waals surface area contributed by atoms with E-state index in [1.54, 1.807) is 29.3 Å². The molecule has 0 aliphatic heterocycles. The van der Waals surface area contributed by atoms with Crippen molar-refractivity contribution in [3.05, 3.63) is 35.5 Å². The Hall–Kier alpha value is -1.85. The summed E-state index contributed by atoms with van der Waals surface area (Å²) in [5, 5.41) is 10.5. The third-order valence-electron chi connectivity index (χ3n) is 3.68. The molecule has 1 saturated carbocycles. The molecule has 5 nitrogen and oxygen atoms in total. The number of benzene rings is 1. The van der Waals surface area contributed by atoms with E-state index in [1.807, 2.05) is 6.07 Å². The first kappa shape index (κ1) is 15.1. The van der Waals surface area contributed by atoms with Crippen LogP contribution in [0.2, 0.25) is 5.02 Å². The Morgan fingerprint density at radius 2 is 2.23 bits per heavy atom. The lowest BCUT2D eigenvalue weighted by Crippen LogP contribution is -2.38. The number of carbonyl (C=O) groups excluding carboxylic acids is 1. The number of halogens is 1. The summed E-state index contributed by atoms with van der Waals surface area (Å²) in [6.07, 6.45) is 3.66. The SMILES string of the molecule is O=C(COc1ccc(Cl)c2cccnc12)N(CCO)C1CC1. The van der Waals surface area contributed by atoms with Crippen LogP contribution < -0.4 is 4.74 Å². The third kappa shape index (κ3) is 3.15. The first-order valence-corrected chi connectivity index (χ1v) is 7.65. The predicted molar refractivity (Wildman–Crippen MR) is 84.1 cm³/mol. The van der Waals surface area contributed by atoms with Gasteiger partial charge in [-0.25, -0.2) is 0 Å². The molecule has 1 fully saturated rings. The number of amides is 1. The van der Waals surface area contributed by atoms with Gasteiger partial charge in [0.05, 0.1) is 11.6 Å². The van der Waals surface area contributed by atoms with E-state index in [0.29, 0.717) is 22.8 Å². The van der Waals surface area contributed by atoms with E-state index in [0.717, 1.165) is 18.2 Å². The average Bonchev–Trinajstić information content (AvgIpc) is 3.37. The van der Waals surface area contributed by atoms with Gasteiger partial charge in [0.25, 0.3) is 5.91 Å². The Morgan fingerprint density at radius 1 is 1.41 bits per heavy atom. The first-order chi connectivity index (χ1) is 10.7. The molecule has 0 radical (unpaired) electrons. The van der Waals surface area contributed by atoms with Crippen molar-refractivity contribution in [3.63, 3.8) is 0 Å². The zero-order valence-corrected chi connectivity index (χ0v) is 12.8. The molecule has 0 unspecified atom stereocenters. The zero-order chi connectivity index (χ0) is 15.5. The van der Waals surface area contributed by atoms with Crippen LogP contribution in [0, 0.1) is 0 Å². The summed E-state index contributed by atoms with van der Waals surface area (Å²) in [4.78, 5) is 18.2. The second-order valence-electron chi connectivity index (χ2n) is 5.28. The minimum Gasteiger partial charge on any atom is -0.481 e. The highest BCUT2D eigenvalue weighted by atomic mass is 35.5. The minimum atomic E-state index is -0.115. The number of aromatic nitrogens is 1. The highest BCUT2D eigenvalue weighted by molar-refractivity contribution is 6.35. The Labute approximate surface area is 133 Å². The number of aliphatic hydroxyl groups excluding tert-OH is 1. The van der Waals surface area contributed by atoms with E-state index in [9.17, 15) is 4.79 Å². The molecule has 1 N–H and O–H groups in total. The molecule has 1 aromatic heterocycles. The lowest BCUT2D eigenvalue weighted by atomic mass is 10.2. The van der Waals surface area contributed by atoms with E-state index >= 15 is 0 Å². The van der Waals surface area contributed by atoms with Crippen LogP contribution in [0.15, 0.2) is 30.5 Å². The van der Waals surface area contributed by atoms with Gasteiger partial charge in [-0.15, -0.1) is 0 Å². The number of carbonyl (C=O) groups is 1. The number of aliphatic hydroxyl groups is 1. The molecule has 1 amide bonds. The fraction of sp³-hybridized carbons (Fsp3) is 0.375. The number of pyridine rings is 1. The van der Waals surface area contributed by atoms with Crippen molar-refractivity contribution in [2.75, 3.05) is 19.8 Å². The fourth-order valence-corrected chi connectivity index (χ4v) is 2.67. The number of nitrogens with zero attached hydrogens (tertiary/aromatic N) is 2. The molecule has 116 valence electrons. The van der Waals surface area contributed by atoms with Crippen molar-refractivity contribution in [3.8, 4) is 5.75 Å². The Morgan fingerprint density at radius 3 is 2.95 bits per heavy atom. The quantitative estimate of drug-likeness (QED) is 0.886. The fourth-order valence-electron chi connectivity index (χ4n) is 2.46. The topological polar surface area (TPSA) is 62.7 Å². The van der Waals surface area contributed by atoms with Gasteiger partial charge >= 0.3 is 0 Å². The summed E-state index contributed by atoms with van der Waals surface area (Å²) in [6.45, 7) is 0.254. The van der Waals surface area contributed by atoms with Crippen LogP contribution in [-0.4, -0.2) is 46.7 Å². The standard InChI is InChI=1S/C16H17ClN2O3/c17-13-5-6-14(16-12(13)2-1-7-18-16)22-10-15(21)19(8-9-20)11-3-4-11/h1-2,5-7,11,20H,3-4,8-10H2. The molecule has 1 heterocycles. The number of rotatable bonds is 6. The Kier molecular flexibility index (Phi) is 4.45. The van der Waals surface area contributed by atoms with Gasteiger partial charge in [0.15, 0.2) is 6.61 Å². The summed E-state index contributed by atoms with van der Waals surface area (Å²) in [5.41, 5.74) is 0.642. The molecule has 1 aliphatic carbocycles. The second-order valence-corrected chi connectivity index (χ2v) is 5.68. The number of hydrogen-bond donors (Lipinski definition) is 1. The zero-order valence-electron chi connectivity index (χ0n) is 12.0. The van der Waals surface area contributed by atoms with Gasteiger partial charge in [0.1, 0.15) is 11.3 Å². The monoisotopic (exact) mass is 320 g/mol. The maximum absolute atomic E-state index is 12.2. The molecule has 0 spiro atoms. The van der Waals surface area contributed by atoms with Crippen LogP contribution in [0.25, 0.3) is 10.9 Å². The highest BCUT2D eigenvalue weighted by Gasteiger charge is 2.32. The first-order valence-electron chi connectivity index (χ1n) is 7.27. The predicted octanol–water partition coefficient (Wildman–Crippen LogP) is 2.25. The maximum atomic E-state index is 12.2. The summed E-state index contributed by atoms with van der Waals surface area (Å²) in [5.74, 6) is 0.420. The molecule has 6 heteroatoms. The van der Waals surface area contributed by atoms with Crippen LogP contribution in [0.5, 0.6) is 5.75 Å². The van der Waals surface area contributed by atoms with E-state index in [2.05, 4.69) is 4.98 Å². The van der Waals surface area contributed by atoms with E-state index in [4.69, 9.17) is 21.4 Å². The number of fused-ring (bicyclic) bond motifs is 1. The van der Waals surface area contributed by atoms with Crippen LogP contribution in [0.3, 0.4) is 0 Å². The smallest absolute Gasteiger partial charge is 0.260 e. The average molecular weight is 321 g/mol. The molecule has 0 atom stereocenters. The summed E-state index contributed by atoms with van der Waals surface area (Å²) in [7, 11) is 0. The van der Waals surface area contributed by atoms with Gasteiger partial charge < -0.3 is 14.7 Å². The summed E-state index contributed by atoms with van der Waals surface area (Å²) >= 11 is 6.13. The van der Waals surface area contributed by atoms with Crippen molar-refractivity contribution < 1.29 is 14.6 Å². The van der Waals surface area contributed by atoms with Crippen LogP contribution in [-0.2, 0) is 4.79 Å². The summed E-state index contributed by atoms with van der Waals surface area (Å²) < 4.78 is 5.65. The molecule has 22 heavy (non-hydrogen) atoms. The van der Waals surface area contributed by atoms with Gasteiger partial charge in [0, 0.05) is 24.2 Å². The van der Waals surface area contributed by atoms with Gasteiger partial charge in [-0.2, -0.15) is 0 Å². The van der Waals surface area contributed by atoms with E-state index < -0.39 is 0 Å². The van der Waals surface area contributed by atoms with Crippen molar-refractivity contribution in [1.29, 1.82) is 0 Å². The van der Waals surface area contributed by atoms with Gasteiger partial charge in [0.2, 0.25) is 0 Å². The van der Waals surface area contributed by atoms with Gasteiger partial charge in [-0.3, -0.25) is 9.78 Å². The van der Waals surface area contributed by atoms with Crippen LogP contribution >= 0.6 is 11.6 Å². The molecule has 2 aromatic rings. The third-order valence-corrected chi connectivity index (χ3v) is 4.01. The van der Waals surface area contributed by atoms with Crippen molar-refractivity contribution in [1.82, 2.24) is 9.88 Å². The molecule has 0 saturated heterocycles. The molecule has 3 rings (SSSR count). The van der Waals surface area contributed by atoms with E-state index in [-0.39, 0.29) is 25.2 Å². The Bertz CT molecular complexity index is 688. The number of ether oxygens (including phenoxy) is 1. The highest BCUT2D eigenvalue weighted by Crippen LogP contribution is 2.30. The molecular formula is C16H17ClN2O3. The maximum Gasteiger partial charge on any atom is 0.260 e. The van der Waals surface area contributed by atoms with Crippen molar-refractivity contribution in [2.24, 2.45) is 0 Å².